The first kappa shape index (κ1) is 14.5. The zero-order valence-corrected chi connectivity index (χ0v) is 11.8. The van der Waals surface area contributed by atoms with Gasteiger partial charge in [0.05, 0.1) is 10.4 Å². The molecule has 0 aliphatic heterocycles. The molecule has 0 amide bonds. The van der Waals surface area contributed by atoms with Gasteiger partial charge in [-0.25, -0.2) is 4.39 Å². The van der Waals surface area contributed by atoms with Crippen LogP contribution in [0.3, 0.4) is 0 Å². The van der Waals surface area contributed by atoms with Gasteiger partial charge in [-0.05, 0) is 36.2 Å². The Bertz CT molecular complexity index is 514. The number of nitrogens with one attached hydrogen (secondary N) is 1. The summed E-state index contributed by atoms with van der Waals surface area (Å²) in [5, 5.41) is 13.1. The van der Waals surface area contributed by atoms with E-state index in [-0.39, 0.29) is 5.82 Å². The molecule has 19 heavy (non-hydrogen) atoms. The highest BCUT2D eigenvalue weighted by molar-refractivity contribution is 7.16. The monoisotopic (exact) mass is 299 g/mol. The Hall–Kier alpha value is -0.940. The molecule has 2 aromatic rings. The molecule has 2 N–H and O–H groups in total. The standard InChI is InChI=1S/C14H15ClFNOS/c15-14-6-5-12(19-14)7-8-17-9-13(18)10-1-3-11(16)4-2-10/h1-6,13,17-18H,7-9H2. The summed E-state index contributed by atoms with van der Waals surface area (Å²) >= 11 is 7.41. The van der Waals surface area contributed by atoms with Crippen LogP contribution in [0.15, 0.2) is 36.4 Å². The van der Waals surface area contributed by atoms with E-state index in [4.69, 9.17) is 11.6 Å². The summed E-state index contributed by atoms with van der Waals surface area (Å²) in [7, 11) is 0. The van der Waals surface area contributed by atoms with E-state index in [0.717, 1.165) is 17.3 Å². The minimum atomic E-state index is -0.618. The lowest BCUT2D eigenvalue weighted by Gasteiger charge is -2.11. The molecular weight excluding hydrogens is 285 g/mol. The van der Waals surface area contributed by atoms with Crippen LogP contribution in [0.5, 0.6) is 0 Å². The van der Waals surface area contributed by atoms with Crippen molar-refractivity contribution in [1.29, 1.82) is 0 Å². The molecule has 0 aliphatic carbocycles. The predicted octanol–water partition coefficient (Wildman–Crippen LogP) is 3.41. The van der Waals surface area contributed by atoms with Crippen LogP contribution in [0.4, 0.5) is 4.39 Å². The Morgan fingerprint density at radius 2 is 1.95 bits per heavy atom. The lowest BCUT2D eigenvalue weighted by atomic mass is 10.1. The van der Waals surface area contributed by atoms with Crippen LogP contribution in [-0.2, 0) is 6.42 Å². The van der Waals surface area contributed by atoms with Crippen molar-refractivity contribution in [3.8, 4) is 0 Å². The van der Waals surface area contributed by atoms with Crippen LogP contribution in [0, 0.1) is 5.82 Å². The summed E-state index contributed by atoms with van der Waals surface area (Å²) < 4.78 is 13.5. The van der Waals surface area contributed by atoms with E-state index in [0.29, 0.717) is 12.1 Å². The molecule has 5 heteroatoms. The van der Waals surface area contributed by atoms with E-state index in [1.165, 1.54) is 17.0 Å². The molecule has 102 valence electrons. The quantitative estimate of drug-likeness (QED) is 0.801. The second-order valence-corrected chi connectivity index (χ2v) is 6.03. The van der Waals surface area contributed by atoms with Crippen molar-refractivity contribution in [2.24, 2.45) is 0 Å². The fourth-order valence-corrected chi connectivity index (χ4v) is 2.83. The summed E-state index contributed by atoms with van der Waals surface area (Å²) in [6, 6.07) is 9.79. The van der Waals surface area contributed by atoms with Crippen molar-refractivity contribution in [3.05, 3.63) is 57.0 Å². The van der Waals surface area contributed by atoms with Crippen LogP contribution in [0.25, 0.3) is 0 Å². The van der Waals surface area contributed by atoms with Crippen molar-refractivity contribution < 1.29 is 9.50 Å². The number of aliphatic hydroxyl groups excluding tert-OH is 1. The molecule has 0 radical (unpaired) electrons. The first-order chi connectivity index (χ1) is 9.15. The lowest BCUT2D eigenvalue weighted by Crippen LogP contribution is -2.23. The van der Waals surface area contributed by atoms with Crippen molar-refractivity contribution in [3.63, 3.8) is 0 Å². The number of halogens is 2. The van der Waals surface area contributed by atoms with Gasteiger partial charge in [-0.15, -0.1) is 11.3 Å². The van der Waals surface area contributed by atoms with Crippen molar-refractivity contribution in [2.45, 2.75) is 12.5 Å². The Labute approximate surface area is 120 Å². The molecule has 0 saturated heterocycles. The summed E-state index contributed by atoms with van der Waals surface area (Å²) in [5.74, 6) is -0.293. The van der Waals surface area contributed by atoms with Crippen molar-refractivity contribution in [1.82, 2.24) is 5.32 Å². The molecule has 1 heterocycles. The molecule has 0 spiro atoms. The molecule has 1 atom stereocenters. The largest absolute Gasteiger partial charge is 0.387 e. The summed E-state index contributed by atoms with van der Waals surface area (Å²) in [4.78, 5) is 1.22. The minimum absolute atomic E-state index is 0.293. The van der Waals surface area contributed by atoms with Gasteiger partial charge < -0.3 is 10.4 Å². The molecule has 0 aliphatic rings. The average Bonchev–Trinajstić information content (AvgIpc) is 2.81. The molecule has 2 nitrogen and oxygen atoms in total. The van der Waals surface area contributed by atoms with Crippen LogP contribution in [0.1, 0.15) is 16.5 Å². The Morgan fingerprint density at radius 1 is 1.21 bits per heavy atom. The molecule has 0 bridgehead atoms. The first-order valence-corrected chi connectivity index (χ1v) is 7.23. The SMILES string of the molecule is OC(CNCCc1ccc(Cl)s1)c1ccc(F)cc1. The number of hydrogen-bond donors (Lipinski definition) is 2. The van der Waals surface area contributed by atoms with Gasteiger partial charge in [0.15, 0.2) is 0 Å². The molecule has 1 unspecified atom stereocenters. The zero-order chi connectivity index (χ0) is 13.7. The summed E-state index contributed by atoms with van der Waals surface area (Å²) in [6.07, 6.45) is 0.264. The van der Waals surface area contributed by atoms with E-state index in [1.54, 1.807) is 23.5 Å². The second kappa shape index (κ2) is 7.01. The van der Waals surface area contributed by atoms with Crippen LogP contribution < -0.4 is 5.32 Å². The highest BCUT2D eigenvalue weighted by Crippen LogP contribution is 2.21. The molecular formula is C14H15ClFNOS. The fraction of sp³-hybridized carbons (Fsp3) is 0.286. The van der Waals surface area contributed by atoms with Crippen molar-refractivity contribution in [2.75, 3.05) is 13.1 Å². The topological polar surface area (TPSA) is 32.3 Å². The Balaban J connectivity index is 1.72. The van der Waals surface area contributed by atoms with E-state index >= 15 is 0 Å². The van der Waals surface area contributed by atoms with Gasteiger partial charge in [-0.1, -0.05) is 23.7 Å². The third-order valence-corrected chi connectivity index (χ3v) is 4.06. The molecule has 0 fully saturated rings. The van der Waals surface area contributed by atoms with E-state index < -0.39 is 6.10 Å². The van der Waals surface area contributed by atoms with Gasteiger partial charge in [-0.3, -0.25) is 0 Å². The van der Waals surface area contributed by atoms with Crippen LogP contribution in [0.2, 0.25) is 4.34 Å². The van der Waals surface area contributed by atoms with Gasteiger partial charge in [-0.2, -0.15) is 0 Å². The highest BCUT2D eigenvalue weighted by Gasteiger charge is 2.07. The normalized spacial score (nSPS) is 12.6. The first-order valence-electron chi connectivity index (χ1n) is 6.03. The van der Waals surface area contributed by atoms with Crippen LogP contribution >= 0.6 is 22.9 Å². The molecule has 0 saturated carbocycles. The number of hydrogen-bond acceptors (Lipinski definition) is 3. The van der Waals surface area contributed by atoms with Crippen LogP contribution in [-0.4, -0.2) is 18.2 Å². The van der Waals surface area contributed by atoms with Gasteiger partial charge in [0.2, 0.25) is 0 Å². The smallest absolute Gasteiger partial charge is 0.123 e. The fourth-order valence-electron chi connectivity index (χ4n) is 1.74. The van der Waals surface area contributed by atoms with Gasteiger partial charge >= 0.3 is 0 Å². The highest BCUT2D eigenvalue weighted by atomic mass is 35.5. The maximum atomic E-state index is 12.7. The van der Waals surface area contributed by atoms with Gasteiger partial charge in [0.1, 0.15) is 5.82 Å². The van der Waals surface area contributed by atoms with Crippen molar-refractivity contribution >= 4 is 22.9 Å². The van der Waals surface area contributed by atoms with E-state index in [9.17, 15) is 9.50 Å². The molecule has 1 aromatic carbocycles. The third-order valence-electron chi connectivity index (χ3n) is 2.77. The third kappa shape index (κ3) is 4.58. The minimum Gasteiger partial charge on any atom is -0.387 e. The summed E-state index contributed by atoms with van der Waals surface area (Å²) in [6.45, 7) is 1.22. The molecule has 1 aromatic heterocycles. The van der Waals surface area contributed by atoms with E-state index in [2.05, 4.69) is 5.32 Å². The molecule has 2 rings (SSSR count). The van der Waals surface area contributed by atoms with E-state index in [1.807, 2.05) is 12.1 Å². The number of benzene rings is 1. The van der Waals surface area contributed by atoms with Gasteiger partial charge in [0, 0.05) is 18.0 Å². The number of rotatable bonds is 6. The number of aliphatic hydroxyl groups is 1. The number of thiophene rings is 1. The average molecular weight is 300 g/mol. The van der Waals surface area contributed by atoms with Gasteiger partial charge in [0.25, 0.3) is 0 Å². The zero-order valence-electron chi connectivity index (χ0n) is 10.3. The Morgan fingerprint density at radius 3 is 2.58 bits per heavy atom. The predicted molar refractivity (Wildman–Crippen MR) is 77.3 cm³/mol. The lowest BCUT2D eigenvalue weighted by molar-refractivity contribution is 0.175. The maximum absolute atomic E-state index is 12.7. The Kier molecular flexibility index (Phi) is 5.34. The summed E-state index contributed by atoms with van der Waals surface area (Å²) in [5.41, 5.74) is 0.716. The second-order valence-electron chi connectivity index (χ2n) is 4.23. The maximum Gasteiger partial charge on any atom is 0.123 e.